The highest BCUT2D eigenvalue weighted by Crippen LogP contribution is 2.31. The fraction of sp³-hybridized carbons (Fsp3) is 0.333. The summed E-state index contributed by atoms with van der Waals surface area (Å²) >= 11 is 12.0. The molecule has 1 aliphatic rings. The van der Waals surface area contributed by atoms with Gasteiger partial charge in [0.15, 0.2) is 5.58 Å². The molecule has 0 N–H and O–H groups in total. The number of amides is 1. The average molecular weight is 498 g/mol. The fourth-order valence-corrected chi connectivity index (χ4v) is 5.93. The van der Waals surface area contributed by atoms with Crippen LogP contribution >= 0.6 is 23.2 Å². The molecule has 0 unspecified atom stereocenters. The molecule has 0 atom stereocenters. The summed E-state index contributed by atoms with van der Waals surface area (Å²) in [7, 11) is -3.81. The fourth-order valence-electron chi connectivity index (χ4n) is 3.77. The summed E-state index contributed by atoms with van der Waals surface area (Å²) in [4.78, 5) is 26.2. The highest BCUT2D eigenvalue weighted by molar-refractivity contribution is 7.89. The lowest BCUT2D eigenvalue weighted by Crippen LogP contribution is -2.50. The van der Waals surface area contributed by atoms with Gasteiger partial charge < -0.3 is 9.32 Å². The number of aryl methyl sites for hydroxylation is 1. The number of oxazole rings is 1. The van der Waals surface area contributed by atoms with Crippen LogP contribution in [0, 0.1) is 0 Å². The summed E-state index contributed by atoms with van der Waals surface area (Å²) in [6, 6.07) is 11.6. The molecule has 0 spiro atoms. The van der Waals surface area contributed by atoms with Crippen LogP contribution in [0.3, 0.4) is 0 Å². The number of benzene rings is 2. The largest absolute Gasteiger partial charge is 0.419 e. The van der Waals surface area contributed by atoms with E-state index in [1.165, 1.54) is 27.1 Å². The standard InChI is InChI=1S/C21H21Cl2N3O5S/c22-15-5-3-8-18(20(15)23)32(29,30)25-13-11-24(12-14-25)19(27)9-4-10-26-16-6-1-2-7-17(16)31-21(26)28/h1-3,5-8H,4,9-14H2. The van der Waals surface area contributed by atoms with E-state index in [1.807, 2.05) is 6.07 Å². The first-order valence-electron chi connectivity index (χ1n) is 10.1. The van der Waals surface area contributed by atoms with Crippen molar-refractivity contribution in [3.05, 3.63) is 63.1 Å². The monoisotopic (exact) mass is 497 g/mol. The first-order chi connectivity index (χ1) is 15.3. The van der Waals surface area contributed by atoms with E-state index in [1.54, 1.807) is 23.1 Å². The van der Waals surface area contributed by atoms with Crippen LogP contribution in [-0.4, -0.2) is 54.3 Å². The molecular weight excluding hydrogens is 477 g/mol. The van der Waals surface area contributed by atoms with Crippen molar-refractivity contribution in [2.75, 3.05) is 26.2 Å². The lowest BCUT2D eigenvalue weighted by Gasteiger charge is -2.34. The Labute approximate surface area is 195 Å². The van der Waals surface area contributed by atoms with Gasteiger partial charge in [-0.3, -0.25) is 9.36 Å². The number of nitrogens with zero attached hydrogens (tertiary/aromatic N) is 3. The van der Waals surface area contributed by atoms with Crippen molar-refractivity contribution in [3.63, 3.8) is 0 Å². The van der Waals surface area contributed by atoms with Crippen molar-refractivity contribution in [2.24, 2.45) is 0 Å². The molecule has 0 radical (unpaired) electrons. The maximum Gasteiger partial charge on any atom is 0.419 e. The van der Waals surface area contributed by atoms with Crippen LogP contribution in [-0.2, 0) is 21.4 Å². The van der Waals surface area contributed by atoms with Gasteiger partial charge in [0, 0.05) is 39.1 Å². The normalized spacial score (nSPS) is 15.4. The van der Waals surface area contributed by atoms with Crippen molar-refractivity contribution in [1.82, 2.24) is 13.8 Å². The van der Waals surface area contributed by atoms with Gasteiger partial charge in [-0.2, -0.15) is 4.31 Å². The number of carbonyl (C=O) groups excluding carboxylic acids is 1. The molecule has 2 aromatic carbocycles. The van der Waals surface area contributed by atoms with E-state index >= 15 is 0 Å². The summed E-state index contributed by atoms with van der Waals surface area (Å²) in [5.74, 6) is -0.527. The summed E-state index contributed by atoms with van der Waals surface area (Å²) in [5, 5.41) is 0.167. The predicted molar refractivity (Wildman–Crippen MR) is 122 cm³/mol. The Morgan fingerprint density at radius 1 is 1.00 bits per heavy atom. The van der Waals surface area contributed by atoms with Gasteiger partial charge in [0.1, 0.15) is 4.90 Å². The van der Waals surface area contributed by atoms with Crippen molar-refractivity contribution >= 4 is 50.2 Å². The Balaban J connectivity index is 1.33. The molecule has 1 fully saturated rings. The van der Waals surface area contributed by atoms with Crippen LogP contribution in [0.25, 0.3) is 11.1 Å². The maximum atomic E-state index is 12.9. The number of piperazine rings is 1. The Morgan fingerprint density at radius 2 is 1.72 bits per heavy atom. The number of sulfonamides is 1. The van der Waals surface area contributed by atoms with Gasteiger partial charge in [-0.25, -0.2) is 13.2 Å². The SMILES string of the molecule is O=C(CCCn1c(=O)oc2ccccc21)N1CCN(S(=O)(=O)c2cccc(Cl)c2Cl)CC1. The van der Waals surface area contributed by atoms with E-state index in [9.17, 15) is 18.0 Å². The van der Waals surface area contributed by atoms with E-state index in [-0.39, 0.29) is 53.4 Å². The Bertz CT molecular complexity index is 1310. The minimum atomic E-state index is -3.81. The van der Waals surface area contributed by atoms with Gasteiger partial charge in [0.2, 0.25) is 15.9 Å². The highest BCUT2D eigenvalue weighted by atomic mass is 35.5. The molecule has 1 saturated heterocycles. The molecule has 0 bridgehead atoms. The first kappa shape index (κ1) is 22.8. The van der Waals surface area contributed by atoms with Crippen molar-refractivity contribution in [1.29, 1.82) is 0 Å². The zero-order chi connectivity index (χ0) is 22.9. The highest BCUT2D eigenvalue weighted by Gasteiger charge is 2.31. The summed E-state index contributed by atoms with van der Waals surface area (Å²) in [6.45, 7) is 1.27. The number of hydrogen-bond donors (Lipinski definition) is 0. The smallest absolute Gasteiger partial charge is 0.408 e. The second-order valence-corrected chi connectivity index (χ2v) is 10.1. The lowest BCUT2D eigenvalue weighted by atomic mass is 10.2. The zero-order valence-corrected chi connectivity index (χ0v) is 19.4. The molecule has 2 heterocycles. The Hall–Kier alpha value is -2.33. The Morgan fingerprint density at radius 3 is 2.47 bits per heavy atom. The molecule has 1 amide bonds. The van der Waals surface area contributed by atoms with Crippen molar-refractivity contribution in [2.45, 2.75) is 24.3 Å². The number of hydrogen-bond acceptors (Lipinski definition) is 5. The number of aromatic nitrogens is 1. The molecule has 0 saturated carbocycles. The minimum absolute atomic E-state index is 0.00492. The van der Waals surface area contributed by atoms with E-state index in [4.69, 9.17) is 27.6 Å². The molecular formula is C21H21Cl2N3O5S. The van der Waals surface area contributed by atoms with Gasteiger partial charge in [-0.05, 0) is 30.7 Å². The molecule has 32 heavy (non-hydrogen) atoms. The number of rotatable bonds is 6. The van der Waals surface area contributed by atoms with E-state index in [2.05, 4.69) is 0 Å². The van der Waals surface area contributed by atoms with Crippen LogP contribution in [0.5, 0.6) is 0 Å². The molecule has 1 aromatic heterocycles. The molecule has 170 valence electrons. The second kappa shape index (κ2) is 9.27. The average Bonchev–Trinajstić information content (AvgIpc) is 3.10. The van der Waals surface area contributed by atoms with Crippen molar-refractivity contribution < 1.29 is 17.6 Å². The number of para-hydroxylation sites is 2. The third kappa shape index (κ3) is 4.43. The molecule has 3 aromatic rings. The maximum absolute atomic E-state index is 12.9. The summed E-state index contributed by atoms with van der Waals surface area (Å²) < 4.78 is 33.9. The quantitative estimate of drug-likeness (QED) is 0.521. The second-order valence-electron chi connectivity index (χ2n) is 7.43. The lowest BCUT2D eigenvalue weighted by molar-refractivity contribution is -0.132. The van der Waals surface area contributed by atoms with Crippen LogP contribution in [0.1, 0.15) is 12.8 Å². The number of halogens is 2. The first-order valence-corrected chi connectivity index (χ1v) is 12.3. The van der Waals surface area contributed by atoms with E-state index < -0.39 is 15.8 Å². The third-order valence-corrected chi connectivity index (χ3v) is 8.34. The topological polar surface area (TPSA) is 92.8 Å². The van der Waals surface area contributed by atoms with Crippen LogP contribution < -0.4 is 5.76 Å². The molecule has 4 rings (SSSR count). The molecule has 11 heteroatoms. The van der Waals surface area contributed by atoms with Crippen LogP contribution in [0.4, 0.5) is 0 Å². The number of carbonyl (C=O) groups is 1. The van der Waals surface area contributed by atoms with Gasteiger partial charge in [0.05, 0.1) is 15.6 Å². The van der Waals surface area contributed by atoms with Gasteiger partial charge >= 0.3 is 5.76 Å². The minimum Gasteiger partial charge on any atom is -0.408 e. The zero-order valence-electron chi connectivity index (χ0n) is 17.0. The molecule has 8 nitrogen and oxygen atoms in total. The van der Waals surface area contributed by atoms with E-state index in [0.717, 1.165) is 0 Å². The summed E-state index contributed by atoms with van der Waals surface area (Å²) in [6.07, 6.45) is 0.720. The summed E-state index contributed by atoms with van der Waals surface area (Å²) in [5.41, 5.74) is 1.21. The van der Waals surface area contributed by atoms with Crippen molar-refractivity contribution in [3.8, 4) is 0 Å². The van der Waals surface area contributed by atoms with Crippen LogP contribution in [0.15, 0.2) is 56.6 Å². The third-order valence-electron chi connectivity index (χ3n) is 5.47. The number of fused-ring (bicyclic) bond motifs is 1. The predicted octanol–water partition coefficient (Wildman–Crippen LogP) is 3.21. The van der Waals surface area contributed by atoms with Gasteiger partial charge in [-0.15, -0.1) is 0 Å². The van der Waals surface area contributed by atoms with E-state index in [0.29, 0.717) is 24.1 Å². The molecule has 1 aliphatic heterocycles. The molecule has 0 aliphatic carbocycles. The van der Waals surface area contributed by atoms with Gasteiger partial charge in [0.25, 0.3) is 0 Å². The Kier molecular flexibility index (Phi) is 6.62. The van der Waals surface area contributed by atoms with Gasteiger partial charge in [-0.1, -0.05) is 41.4 Å². The van der Waals surface area contributed by atoms with Crippen LogP contribution in [0.2, 0.25) is 10.0 Å².